The minimum Gasteiger partial charge on any atom is -0.508 e. The molecule has 0 fully saturated rings. The second-order valence-electron chi connectivity index (χ2n) is 4.93. The average Bonchev–Trinajstić information content (AvgIpc) is 2.36. The van der Waals surface area contributed by atoms with E-state index < -0.39 is 0 Å². The summed E-state index contributed by atoms with van der Waals surface area (Å²) in [6.45, 7) is 5.13. The predicted octanol–water partition coefficient (Wildman–Crippen LogP) is 4.31. The van der Waals surface area contributed by atoms with Crippen LogP contribution in [-0.2, 0) is 11.2 Å². The lowest BCUT2D eigenvalue weighted by molar-refractivity contribution is 0.0631. The molecule has 1 aromatic rings. The van der Waals surface area contributed by atoms with Crippen LogP contribution < -0.4 is 0 Å². The number of rotatable bonds is 9. The van der Waals surface area contributed by atoms with Crippen molar-refractivity contribution >= 4 is 0 Å². The number of benzene rings is 1. The number of unbranched alkanes of at least 4 members (excludes halogenated alkanes) is 4. The SMILES string of the molecule is CCCCCCCOC(C)Cc1ccccc1O. The van der Waals surface area contributed by atoms with Crippen molar-refractivity contribution in [2.75, 3.05) is 6.61 Å². The molecular formula is C16H26O2. The minimum atomic E-state index is 0.171. The fourth-order valence-corrected chi connectivity index (χ4v) is 2.04. The zero-order chi connectivity index (χ0) is 13.2. The molecule has 0 aliphatic rings. The summed E-state index contributed by atoms with van der Waals surface area (Å²) in [4.78, 5) is 0. The summed E-state index contributed by atoms with van der Waals surface area (Å²) in [7, 11) is 0. The zero-order valence-electron chi connectivity index (χ0n) is 11.7. The standard InChI is InChI=1S/C16H26O2/c1-3-4-5-6-9-12-18-14(2)13-15-10-7-8-11-16(15)17/h7-8,10-11,14,17H,3-6,9,12-13H2,1-2H3. The Labute approximate surface area is 111 Å². The maximum absolute atomic E-state index is 9.67. The Morgan fingerprint density at radius 1 is 1.11 bits per heavy atom. The molecule has 0 saturated carbocycles. The Kier molecular flexibility index (Phi) is 7.51. The zero-order valence-corrected chi connectivity index (χ0v) is 11.7. The van der Waals surface area contributed by atoms with E-state index in [4.69, 9.17) is 4.74 Å². The first kappa shape index (κ1) is 15.0. The van der Waals surface area contributed by atoms with Crippen LogP contribution in [-0.4, -0.2) is 17.8 Å². The molecule has 0 amide bonds. The second kappa shape index (κ2) is 8.98. The molecule has 0 aliphatic heterocycles. The molecular weight excluding hydrogens is 224 g/mol. The number of para-hydroxylation sites is 1. The van der Waals surface area contributed by atoms with Gasteiger partial charge in [-0.25, -0.2) is 0 Å². The topological polar surface area (TPSA) is 29.5 Å². The molecule has 1 unspecified atom stereocenters. The van der Waals surface area contributed by atoms with E-state index >= 15 is 0 Å². The third-order valence-corrected chi connectivity index (χ3v) is 3.15. The van der Waals surface area contributed by atoms with Gasteiger partial charge in [0.2, 0.25) is 0 Å². The normalized spacial score (nSPS) is 12.6. The molecule has 1 aromatic carbocycles. The molecule has 1 atom stereocenters. The predicted molar refractivity (Wildman–Crippen MR) is 76.0 cm³/mol. The van der Waals surface area contributed by atoms with Gasteiger partial charge in [0, 0.05) is 13.0 Å². The first-order valence-corrected chi connectivity index (χ1v) is 7.12. The maximum atomic E-state index is 9.67. The monoisotopic (exact) mass is 250 g/mol. The molecule has 2 nitrogen and oxygen atoms in total. The lowest BCUT2D eigenvalue weighted by Crippen LogP contribution is -2.12. The van der Waals surface area contributed by atoms with E-state index in [1.54, 1.807) is 6.07 Å². The smallest absolute Gasteiger partial charge is 0.118 e. The third kappa shape index (κ3) is 6.06. The van der Waals surface area contributed by atoms with Gasteiger partial charge >= 0.3 is 0 Å². The molecule has 0 spiro atoms. The van der Waals surface area contributed by atoms with E-state index in [0.717, 1.165) is 25.0 Å². The summed E-state index contributed by atoms with van der Waals surface area (Å²) in [5, 5.41) is 9.67. The molecule has 0 saturated heterocycles. The number of hydrogen-bond acceptors (Lipinski definition) is 2. The largest absolute Gasteiger partial charge is 0.508 e. The first-order chi connectivity index (χ1) is 8.74. The van der Waals surface area contributed by atoms with Crippen molar-refractivity contribution in [3.05, 3.63) is 29.8 Å². The van der Waals surface area contributed by atoms with Gasteiger partial charge in [-0.05, 0) is 25.0 Å². The molecule has 1 rings (SSSR count). The van der Waals surface area contributed by atoms with Crippen LogP contribution in [0.1, 0.15) is 51.5 Å². The van der Waals surface area contributed by atoms with Crippen LogP contribution in [0.5, 0.6) is 5.75 Å². The van der Waals surface area contributed by atoms with Crippen LogP contribution in [0.15, 0.2) is 24.3 Å². The van der Waals surface area contributed by atoms with E-state index in [1.165, 1.54) is 25.7 Å². The highest BCUT2D eigenvalue weighted by Gasteiger charge is 2.06. The molecule has 0 aromatic heterocycles. The Hall–Kier alpha value is -1.02. The van der Waals surface area contributed by atoms with Crippen LogP contribution in [0.4, 0.5) is 0 Å². The highest BCUT2D eigenvalue weighted by Crippen LogP contribution is 2.18. The van der Waals surface area contributed by atoms with Crippen molar-refractivity contribution in [2.45, 2.75) is 58.5 Å². The quantitative estimate of drug-likeness (QED) is 0.662. The highest BCUT2D eigenvalue weighted by molar-refractivity contribution is 5.32. The van der Waals surface area contributed by atoms with Gasteiger partial charge < -0.3 is 9.84 Å². The van der Waals surface area contributed by atoms with Crippen LogP contribution in [0.2, 0.25) is 0 Å². The number of ether oxygens (including phenoxy) is 1. The van der Waals surface area contributed by atoms with Gasteiger partial charge in [0.25, 0.3) is 0 Å². The van der Waals surface area contributed by atoms with Crippen LogP contribution in [0.25, 0.3) is 0 Å². The summed E-state index contributed by atoms with van der Waals surface area (Å²) in [6, 6.07) is 7.48. The molecule has 102 valence electrons. The van der Waals surface area contributed by atoms with Crippen molar-refractivity contribution in [1.29, 1.82) is 0 Å². The summed E-state index contributed by atoms with van der Waals surface area (Å²) in [6.07, 6.45) is 7.28. The van der Waals surface area contributed by atoms with E-state index in [2.05, 4.69) is 13.8 Å². The van der Waals surface area contributed by atoms with Crippen molar-refractivity contribution in [3.8, 4) is 5.75 Å². The lowest BCUT2D eigenvalue weighted by atomic mass is 10.1. The van der Waals surface area contributed by atoms with Gasteiger partial charge in [0.1, 0.15) is 5.75 Å². The van der Waals surface area contributed by atoms with Crippen LogP contribution in [0.3, 0.4) is 0 Å². The van der Waals surface area contributed by atoms with Gasteiger partial charge in [-0.2, -0.15) is 0 Å². The molecule has 18 heavy (non-hydrogen) atoms. The molecule has 0 bridgehead atoms. The van der Waals surface area contributed by atoms with Crippen molar-refractivity contribution in [1.82, 2.24) is 0 Å². The lowest BCUT2D eigenvalue weighted by Gasteiger charge is -2.13. The Morgan fingerprint density at radius 3 is 2.56 bits per heavy atom. The number of phenolic OH excluding ortho intramolecular Hbond substituents is 1. The number of hydrogen-bond donors (Lipinski definition) is 1. The molecule has 0 heterocycles. The third-order valence-electron chi connectivity index (χ3n) is 3.15. The van der Waals surface area contributed by atoms with Crippen molar-refractivity contribution < 1.29 is 9.84 Å². The first-order valence-electron chi connectivity index (χ1n) is 7.12. The molecule has 0 aliphatic carbocycles. The Morgan fingerprint density at radius 2 is 1.83 bits per heavy atom. The van der Waals surface area contributed by atoms with Crippen LogP contribution in [0, 0.1) is 0 Å². The van der Waals surface area contributed by atoms with Crippen molar-refractivity contribution in [2.24, 2.45) is 0 Å². The molecule has 0 radical (unpaired) electrons. The van der Waals surface area contributed by atoms with Gasteiger partial charge in [0.05, 0.1) is 6.10 Å². The van der Waals surface area contributed by atoms with E-state index in [1.807, 2.05) is 18.2 Å². The Bertz CT molecular complexity index is 323. The number of phenols is 1. The second-order valence-corrected chi connectivity index (χ2v) is 4.93. The van der Waals surface area contributed by atoms with Crippen molar-refractivity contribution in [3.63, 3.8) is 0 Å². The highest BCUT2D eigenvalue weighted by atomic mass is 16.5. The fourth-order valence-electron chi connectivity index (χ4n) is 2.04. The fraction of sp³-hybridized carbons (Fsp3) is 0.625. The van der Waals surface area contributed by atoms with Gasteiger partial charge in [-0.1, -0.05) is 50.8 Å². The Balaban J connectivity index is 2.14. The summed E-state index contributed by atoms with van der Waals surface area (Å²) in [5.74, 6) is 0.371. The maximum Gasteiger partial charge on any atom is 0.118 e. The van der Waals surface area contributed by atoms with Gasteiger partial charge in [0.15, 0.2) is 0 Å². The van der Waals surface area contributed by atoms with Gasteiger partial charge in [-0.3, -0.25) is 0 Å². The summed E-state index contributed by atoms with van der Waals surface area (Å²) >= 11 is 0. The van der Waals surface area contributed by atoms with Crippen LogP contribution >= 0.6 is 0 Å². The summed E-state index contributed by atoms with van der Waals surface area (Å²) in [5.41, 5.74) is 0.969. The number of aromatic hydroxyl groups is 1. The van der Waals surface area contributed by atoms with E-state index in [0.29, 0.717) is 5.75 Å². The summed E-state index contributed by atoms with van der Waals surface area (Å²) < 4.78 is 5.77. The molecule has 1 N–H and O–H groups in total. The molecule has 2 heteroatoms. The minimum absolute atomic E-state index is 0.171. The van der Waals surface area contributed by atoms with E-state index in [9.17, 15) is 5.11 Å². The average molecular weight is 250 g/mol. The van der Waals surface area contributed by atoms with E-state index in [-0.39, 0.29) is 6.10 Å². The van der Waals surface area contributed by atoms with Gasteiger partial charge in [-0.15, -0.1) is 0 Å².